The SMILES string of the molecule is COc1ccc2c(c1)N(C)S(=O)(=O)c1cc(OC)ccc1-2. The van der Waals surface area contributed by atoms with Crippen LogP contribution in [-0.2, 0) is 10.0 Å². The zero-order chi connectivity index (χ0) is 15.2. The van der Waals surface area contributed by atoms with Crippen LogP contribution in [0.15, 0.2) is 41.3 Å². The van der Waals surface area contributed by atoms with Gasteiger partial charge >= 0.3 is 0 Å². The van der Waals surface area contributed by atoms with Crippen molar-refractivity contribution in [2.75, 3.05) is 25.6 Å². The molecule has 0 fully saturated rings. The van der Waals surface area contributed by atoms with Crippen LogP contribution in [0.4, 0.5) is 5.69 Å². The molecule has 0 radical (unpaired) electrons. The molecule has 1 aliphatic heterocycles. The van der Waals surface area contributed by atoms with E-state index in [9.17, 15) is 8.42 Å². The second-order valence-corrected chi connectivity index (χ2v) is 6.66. The first-order valence-electron chi connectivity index (χ1n) is 6.34. The van der Waals surface area contributed by atoms with Gasteiger partial charge in [0.05, 0.1) is 24.8 Å². The minimum Gasteiger partial charge on any atom is -0.497 e. The van der Waals surface area contributed by atoms with Crippen molar-refractivity contribution in [1.29, 1.82) is 0 Å². The highest BCUT2D eigenvalue weighted by Crippen LogP contribution is 2.44. The van der Waals surface area contributed by atoms with Gasteiger partial charge < -0.3 is 9.47 Å². The lowest BCUT2D eigenvalue weighted by Crippen LogP contribution is -2.30. The summed E-state index contributed by atoms with van der Waals surface area (Å²) < 4.78 is 36.9. The monoisotopic (exact) mass is 305 g/mol. The van der Waals surface area contributed by atoms with Crippen molar-refractivity contribution in [2.24, 2.45) is 0 Å². The molecule has 0 saturated heterocycles. The Kier molecular flexibility index (Phi) is 3.06. The molecule has 2 aromatic carbocycles. The predicted octanol–water partition coefficient (Wildman–Crippen LogP) is 2.51. The van der Waals surface area contributed by atoms with Crippen LogP contribution in [0.3, 0.4) is 0 Å². The number of anilines is 1. The van der Waals surface area contributed by atoms with Crippen LogP contribution >= 0.6 is 0 Å². The lowest BCUT2D eigenvalue weighted by atomic mass is 10.0. The first-order chi connectivity index (χ1) is 9.98. The Hall–Kier alpha value is -2.21. The number of fused-ring (bicyclic) bond motifs is 3. The third kappa shape index (κ3) is 1.94. The van der Waals surface area contributed by atoms with E-state index in [4.69, 9.17) is 9.47 Å². The number of hydrogen-bond acceptors (Lipinski definition) is 4. The molecule has 2 aromatic rings. The highest BCUT2D eigenvalue weighted by atomic mass is 32.2. The van der Waals surface area contributed by atoms with E-state index in [0.29, 0.717) is 22.7 Å². The minimum atomic E-state index is -3.59. The summed E-state index contributed by atoms with van der Waals surface area (Å²) in [5, 5.41) is 0. The fourth-order valence-corrected chi connectivity index (χ4v) is 3.90. The van der Waals surface area contributed by atoms with E-state index in [1.54, 1.807) is 31.4 Å². The summed E-state index contributed by atoms with van der Waals surface area (Å²) in [6.07, 6.45) is 0. The Morgan fingerprint density at radius 2 is 1.48 bits per heavy atom. The average molecular weight is 305 g/mol. The zero-order valence-corrected chi connectivity index (χ0v) is 12.8. The van der Waals surface area contributed by atoms with Gasteiger partial charge in [-0.15, -0.1) is 0 Å². The summed E-state index contributed by atoms with van der Waals surface area (Å²) in [5.41, 5.74) is 2.13. The Morgan fingerprint density at radius 1 is 0.905 bits per heavy atom. The standard InChI is InChI=1S/C15H15NO4S/c1-16-14-8-10(19-2)4-6-12(14)13-7-5-11(20-3)9-15(13)21(16,17)18/h4-9H,1-3H3. The molecule has 5 nitrogen and oxygen atoms in total. The summed E-state index contributed by atoms with van der Waals surface area (Å²) >= 11 is 0. The van der Waals surface area contributed by atoms with E-state index in [1.807, 2.05) is 12.1 Å². The number of methoxy groups -OCH3 is 2. The van der Waals surface area contributed by atoms with Gasteiger partial charge in [0.1, 0.15) is 11.5 Å². The molecule has 21 heavy (non-hydrogen) atoms. The highest BCUT2D eigenvalue weighted by Gasteiger charge is 2.33. The van der Waals surface area contributed by atoms with E-state index in [1.165, 1.54) is 18.5 Å². The first kappa shape index (κ1) is 13.8. The predicted molar refractivity (Wildman–Crippen MR) is 80.6 cm³/mol. The lowest BCUT2D eigenvalue weighted by Gasteiger charge is -2.29. The van der Waals surface area contributed by atoms with Crippen LogP contribution in [-0.4, -0.2) is 29.7 Å². The van der Waals surface area contributed by atoms with Crippen LogP contribution in [0.1, 0.15) is 0 Å². The molecule has 0 saturated carbocycles. The van der Waals surface area contributed by atoms with Crippen LogP contribution in [0.5, 0.6) is 11.5 Å². The van der Waals surface area contributed by atoms with Gasteiger partial charge in [0.15, 0.2) is 0 Å². The van der Waals surface area contributed by atoms with Crippen LogP contribution < -0.4 is 13.8 Å². The molecule has 0 unspecified atom stereocenters. The Bertz CT molecular complexity index is 814. The molecule has 110 valence electrons. The summed E-state index contributed by atoms with van der Waals surface area (Å²) in [6, 6.07) is 10.5. The smallest absolute Gasteiger partial charge is 0.264 e. The topological polar surface area (TPSA) is 55.8 Å². The molecule has 3 rings (SSSR count). The highest BCUT2D eigenvalue weighted by molar-refractivity contribution is 7.93. The third-order valence-corrected chi connectivity index (χ3v) is 5.47. The molecule has 0 atom stereocenters. The molecule has 0 amide bonds. The van der Waals surface area contributed by atoms with Crippen molar-refractivity contribution >= 4 is 15.7 Å². The maximum Gasteiger partial charge on any atom is 0.264 e. The van der Waals surface area contributed by atoms with E-state index in [-0.39, 0.29) is 4.90 Å². The van der Waals surface area contributed by atoms with Gasteiger partial charge in [-0.2, -0.15) is 0 Å². The fourth-order valence-electron chi connectivity index (χ4n) is 2.47. The molecule has 6 heteroatoms. The van der Waals surface area contributed by atoms with Crippen LogP contribution in [0, 0.1) is 0 Å². The molecule has 1 heterocycles. The molecule has 0 aliphatic carbocycles. The summed E-state index contributed by atoms with van der Waals surface area (Å²) in [7, 11) is 1.01. The Morgan fingerprint density at radius 3 is 2.10 bits per heavy atom. The Balaban J connectivity index is 2.34. The van der Waals surface area contributed by atoms with Gasteiger partial charge in [0.25, 0.3) is 10.0 Å². The molecule has 0 N–H and O–H groups in total. The average Bonchev–Trinajstić information content (AvgIpc) is 2.52. The van der Waals surface area contributed by atoms with Gasteiger partial charge in [0.2, 0.25) is 0 Å². The molecule has 0 spiro atoms. The maximum absolute atomic E-state index is 12.7. The fraction of sp³-hybridized carbons (Fsp3) is 0.200. The second-order valence-electron chi connectivity index (χ2n) is 4.72. The van der Waals surface area contributed by atoms with Crippen molar-refractivity contribution in [3.8, 4) is 22.6 Å². The van der Waals surface area contributed by atoms with Gasteiger partial charge in [-0.1, -0.05) is 0 Å². The minimum absolute atomic E-state index is 0.252. The third-order valence-electron chi connectivity index (χ3n) is 3.66. The number of rotatable bonds is 2. The largest absolute Gasteiger partial charge is 0.497 e. The van der Waals surface area contributed by atoms with E-state index in [0.717, 1.165) is 5.56 Å². The van der Waals surface area contributed by atoms with Crippen LogP contribution in [0.2, 0.25) is 0 Å². The zero-order valence-electron chi connectivity index (χ0n) is 12.0. The van der Waals surface area contributed by atoms with Crippen molar-refractivity contribution in [2.45, 2.75) is 4.90 Å². The first-order valence-corrected chi connectivity index (χ1v) is 7.78. The van der Waals surface area contributed by atoms with Gasteiger partial charge in [0, 0.05) is 30.3 Å². The van der Waals surface area contributed by atoms with Crippen molar-refractivity contribution in [1.82, 2.24) is 0 Å². The Labute approximate surface area is 123 Å². The number of hydrogen-bond donors (Lipinski definition) is 0. The normalized spacial score (nSPS) is 15.1. The lowest BCUT2D eigenvalue weighted by molar-refractivity contribution is 0.413. The van der Waals surface area contributed by atoms with Crippen molar-refractivity contribution < 1.29 is 17.9 Å². The van der Waals surface area contributed by atoms with E-state index < -0.39 is 10.0 Å². The number of sulfonamides is 1. The summed E-state index contributed by atoms with van der Waals surface area (Å²) in [5.74, 6) is 1.13. The van der Waals surface area contributed by atoms with Crippen molar-refractivity contribution in [3.05, 3.63) is 36.4 Å². The quantitative estimate of drug-likeness (QED) is 0.855. The van der Waals surface area contributed by atoms with Gasteiger partial charge in [-0.25, -0.2) is 8.42 Å². The van der Waals surface area contributed by atoms with E-state index in [2.05, 4.69) is 0 Å². The van der Waals surface area contributed by atoms with Gasteiger partial charge in [-0.05, 0) is 24.3 Å². The number of nitrogens with zero attached hydrogens (tertiary/aromatic N) is 1. The molecular weight excluding hydrogens is 290 g/mol. The summed E-state index contributed by atoms with van der Waals surface area (Å²) in [4.78, 5) is 0.252. The maximum atomic E-state index is 12.7. The molecule has 0 aromatic heterocycles. The van der Waals surface area contributed by atoms with E-state index >= 15 is 0 Å². The number of ether oxygens (including phenoxy) is 2. The molecule has 1 aliphatic rings. The molecule has 0 bridgehead atoms. The van der Waals surface area contributed by atoms with Crippen LogP contribution in [0.25, 0.3) is 11.1 Å². The number of benzene rings is 2. The second kappa shape index (κ2) is 4.66. The molecular formula is C15H15NO4S. The van der Waals surface area contributed by atoms with Crippen molar-refractivity contribution in [3.63, 3.8) is 0 Å². The van der Waals surface area contributed by atoms with Gasteiger partial charge in [-0.3, -0.25) is 4.31 Å². The summed E-state index contributed by atoms with van der Waals surface area (Å²) in [6.45, 7) is 0.